The number of carbonyl (C=O) groups is 2. The van der Waals surface area contributed by atoms with E-state index in [0.29, 0.717) is 36.5 Å². The van der Waals surface area contributed by atoms with E-state index in [1.165, 1.54) is 18.2 Å². The van der Waals surface area contributed by atoms with E-state index in [4.69, 9.17) is 17.3 Å². The molecule has 5 rings (SSSR count). The summed E-state index contributed by atoms with van der Waals surface area (Å²) >= 11 is 6.36. The van der Waals surface area contributed by atoms with Crippen LogP contribution in [-0.2, 0) is 0 Å². The molecule has 12 nitrogen and oxygen atoms in total. The number of nitrogens with zero attached hydrogens (tertiary/aromatic N) is 4. The molecule has 46 heavy (non-hydrogen) atoms. The normalized spacial score (nSPS) is 14.3. The van der Waals surface area contributed by atoms with E-state index in [1.807, 2.05) is 30.3 Å². The average molecular weight is 669 g/mol. The third kappa shape index (κ3) is 9.02. The van der Waals surface area contributed by atoms with E-state index in [1.54, 1.807) is 12.3 Å². The van der Waals surface area contributed by atoms with Crippen LogP contribution in [0.2, 0.25) is 5.02 Å². The third-order valence-electron chi connectivity index (χ3n) is 7.81. The van der Waals surface area contributed by atoms with Gasteiger partial charge >= 0.3 is 0 Å². The predicted molar refractivity (Wildman–Crippen MR) is 184 cm³/mol. The second-order valence-corrected chi connectivity index (χ2v) is 11.5. The molecule has 1 fully saturated rings. The summed E-state index contributed by atoms with van der Waals surface area (Å²) in [5, 5.41) is 9.57. The summed E-state index contributed by atoms with van der Waals surface area (Å²) < 4.78 is 0. The quantitative estimate of drug-likeness (QED) is 0.142. The van der Waals surface area contributed by atoms with Crippen molar-refractivity contribution in [3.8, 4) is 0 Å². The van der Waals surface area contributed by atoms with Gasteiger partial charge in [0.25, 0.3) is 17.4 Å². The minimum absolute atomic E-state index is 0. The second-order valence-electron chi connectivity index (χ2n) is 11.1. The summed E-state index contributed by atoms with van der Waals surface area (Å²) in [6.07, 6.45) is 3.05. The number of nitrogens with one attached hydrogen (secondary N) is 4. The van der Waals surface area contributed by atoms with E-state index < -0.39 is 11.5 Å². The van der Waals surface area contributed by atoms with E-state index in [9.17, 15) is 14.4 Å². The maximum atomic E-state index is 13.2. The molecule has 2 amide bonds. The summed E-state index contributed by atoms with van der Waals surface area (Å²) in [7, 11) is 2.14. The molecule has 0 spiro atoms. The summed E-state index contributed by atoms with van der Waals surface area (Å²) in [4.78, 5) is 55.4. The smallest absolute Gasteiger partial charge is 0.262 e. The first-order valence-electron chi connectivity index (χ1n) is 15.0. The van der Waals surface area contributed by atoms with Crippen LogP contribution >= 0.6 is 24.0 Å². The second kappa shape index (κ2) is 16.5. The summed E-state index contributed by atoms with van der Waals surface area (Å²) in [5.74, 6) is -0.639. The Hall–Kier alpha value is -4.07. The van der Waals surface area contributed by atoms with Crippen LogP contribution in [0.15, 0.2) is 65.6 Å². The largest absolute Gasteiger partial charge is 0.354 e. The summed E-state index contributed by atoms with van der Waals surface area (Å²) in [5.41, 5.74) is 6.76. The Morgan fingerprint density at radius 1 is 1.07 bits per heavy atom. The Morgan fingerprint density at radius 2 is 1.83 bits per heavy atom. The lowest BCUT2D eigenvalue weighted by Gasteiger charge is -2.32. The Morgan fingerprint density at radius 3 is 2.57 bits per heavy atom. The van der Waals surface area contributed by atoms with Crippen LogP contribution in [0.1, 0.15) is 45.2 Å². The van der Waals surface area contributed by atoms with Gasteiger partial charge in [-0.3, -0.25) is 14.4 Å². The molecule has 6 N–H and O–H groups in total. The Balaban J connectivity index is 0.00000480. The standard InChI is InChI=1S/C32H38ClN9O3.ClH/c1-41-14-16-42(17-15-41)13-5-12-35-32-36-20-23-18-24(31(45)39-28(23)40-32)30(44)38-27-19-22(8-9-25(27)33)29(43)37-26(10-11-34)21-6-3-2-4-7-21;/h2-4,6-9,18-20,26H,5,10-17,34H2,1H3,(H,37,43)(H,38,44)(H2,35,36,39,40,45);1H. The number of aromatic amines is 1. The van der Waals surface area contributed by atoms with Gasteiger partial charge < -0.3 is 36.5 Å². The van der Waals surface area contributed by atoms with Gasteiger partial charge in [-0.1, -0.05) is 41.9 Å². The maximum absolute atomic E-state index is 13.2. The Kier molecular flexibility index (Phi) is 12.5. The van der Waals surface area contributed by atoms with Gasteiger partial charge in [-0.05, 0) is 62.8 Å². The zero-order valence-corrected chi connectivity index (χ0v) is 27.2. The van der Waals surface area contributed by atoms with Gasteiger partial charge in [0.2, 0.25) is 5.95 Å². The van der Waals surface area contributed by atoms with Crippen LogP contribution in [0.5, 0.6) is 0 Å². The van der Waals surface area contributed by atoms with Crippen molar-refractivity contribution in [1.82, 2.24) is 30.1 Å². The molecule has 14 heteroatoms. The number of carbonyl (C=O) groups excluding carboxylic acids is 2. The minimum Gasteiger partial charge on any atom is -0.354 e. The van der Waals surface area contributed by atoms with Gasteiger partial charge in [0, 0.05) is 49.9 Å². The van der Waals surface area contributed by atoms with E-state index in [0.717, 1.165) is 44.7 Å². The average Bonchev–Trinajstić information content (AvgIpc) is 3.04. The zero-order valence-electron chi connectivity index (χ0n) is 25.6. The Bertz CT molecular complexity index is 1700. The van der Waals surface area contributed by atoms with Gasteiger partial charge in [0.1, 0.15) is 11.2 Å². The molecule has 3 heterocycles. The first-order chi connectivity index (χ1) is 21.8. The number of piperazine rings is 1. The first kappa shape index (κ1) is 34.8. The van der Waals surface area contributed by atoms with E-state index in [2.05, 4.69) is 47.7 Å². The number of hydrogen-bond donors (Lipinski definition) is 5. The monoisotopic (exact) mass is 667 g/mol. The van der Waals surface area contributed by atoms with Crippen LogP contribution < -0.4 is 27.2 Å². The van der Waals surface area contributed by atoms with Gasteiger partial charge in [-0.25, -0.2) is 4.98 Å². The number of aromatic nitrogens is 3. The van der Waals surface area contributed by atoms with E-state index >= 15 is 0 Å². The molecular formula is C32H39Cl2N9O3. The number of H-pyrrole nitrogens is 1. The highest BCUT2D eigenvalue weighted by molar-refractivity contribution is 6.34. The topological polar surface area (TPSA) is 161 Å². The molecule has 2 aromatic heterocycles. The number of pyridine rings is 1. The fourth-order valence-corrected chi connectivity index (χ4v) is 5.35. The molecule has 0 aliphatic carbocycles. The van der Waals surface area contributed by atoms with Crippen LogP contribution in [0.3, 0.4) is 0 Å². The molecule has 1 unspecified atom stereocenters. The molecule has 1 aliphatic rings. The van der Waals surface area contributed by atoms with Gasteiger partial charge in [-0.15, -0.1) is 12.4 Å². The number of nitrogens with two attached hydrogens (primary N) is 1. The molecule has 4 aromatic rings. The van der Waals surface area contributed by atoms with Crippen molar-refractivity contribution in [1.29, 1.82) is 0 Å². The molecule has 0 bridgehead atoms. The highest BCUT2D eigenvalue weighted by atomic mass is 35.5. The summed E-state index contributed by atoms with van der Waals surface area (Å²) in [6, 6.07) is 15.3. The molecular weight excluding hydrogens is 629 g/mol. The fraction of sp³-hybridized carbons (Fsp3) is 0.344. The number of benzene rings is 2. The predicted octanol–water partition coefficient (Wildman–Crippen LogP) is 3.51. The lowest BCUT2D eigenvalue weighted by atomic mass is 10.0. The van der Waals surface area contributed by atoms with Crippen LogP contribution in [-0.4, -0.2) is 89.4 Å². The van der Waals surface area contributed by atoms with Crippen molar-refractivity contribution < 1.29 is 9.59 Å². The lowest BCUT2D eigenvalue weighted by Crippen LogP contribution is -2.44. The number of amides is 2. The molecule has 2 aromatic carbocycles. The van der Waals surface area contributed by atoms with E-state index in [-0.39, 0.29) is 46.2 Å². The summed E-state index contributed by atoms with van der Waals surface area (Å²) in [6.45, 7) is 6.37. The highest BCUT2D eigenvalue weighted by Gasteiger charge is 2.19. The number of halogens is 2. The third-order valence-corrected chi connectivity index (χ3v) is 8.14. The molecule has 0 radical (unpaired) electrons. The fourth-order valence-electron chi connectivity index (χ4n) is 5.19. The van der Waals surface area contributed by atoms with Crippen molar-refractivity contribution in [2.45, 2.75) is 18.9 Å². The minimum atomic E-state index is -0.686. The van der Waals surface area contributed by atoms with Crippen molar-refractivity contribution in [3.05, 3.63) is 92.9 Å². The number of rotatable bonds is 12. The van der Waals surface area contributed by atoms with Gasteiger partial charge in [-0.2, -0.15) is 4.98 Å². The molecule has 1 atom stereocenters. The molecule has 1 aliphatic heterocycles. The van der Waals surface area contributed by atoms with Crippen molar-refractivity contribution in [2.24, 2.45) is 5.73 Å². The Labute approximate surface area is 278 Å². The van der Waals surface area contributed by atoms with Gasteiger partial charge in [0.15, 0.2) is 0 Å². The molecule has 0 saturated carbocycles. The lowest BCUT2D eigenvalue weighted by molar-refractivity contribution is 0.0934. The van der Waals surface area contributed by atoms with Crippen LogP contribution in [0.25, 0.3) is 11.0 Å². The SMILES string of the molecule is CN1CCN(CCCNc2ncc3cc(C(=O)Nc4cc(C(=O)NC(CCN)c5ccccc5)ccc4Cl)c(=O)[nH]c3n2)CC1.Cl. The number of likely N-dealkylation sites (N-methyl/N-ethyl adjacent to an activating group) is 1. The first-order valence-corrected chi connectivity index (χ1v) is 15.4. The van der Waals surface area contributed by atoms with Crippen LogP contribution in [0, 0.1) is 0 Å². The zero-order chi connectivity index (χ0) is 31.8. The highest BCUT2D eigenvalue weighted by Crippen LogP contribution is 2.25. The number of fused-ring (bicyclic) bond motifs is 1. The van der Waals surface area contributed by atoms with Crippen molar-refractivity contribution in [3.63, 3.8) is 0 Å². The number of anilines is 2. The van der Waals surface area contributed by atoms with Crippen molar-refractivity contribution >= 4 is 58.5 Å². The maximum Gasteiger partial charge on any atom is 0.262 e. The molecule has 1 saturated heterocycles. The number of hydrogen-bond acceptors (Lipinski definition) is 9. The molecule has 244 valence electrons. The van der Waals surface area contributed by atoms with Gasteiger partial charge in [0.05, 0.1) is 16.8 Å². The van der Waals surface area contributed by atoms with Crippen LogP contribution in [0.4, 0.5) is 11.6 Å². The van der Waals surface area contributed by atoms with Crippen molar-refractivity contribution in [2.75, 3.05) is 63.5 Å².